The molecule has 1 saturated carbocycles. The van der Waals surface area contributed by atoms with Gasteiger partial charge in [0.25, 0.3) is 11.8 Å². The van der Waals surface area contributed by atoms with Crippen molar-refractivity contribution >= 4 is 11.8 Å². The van der Waals surface area contributed by atoms with E-state index >= 15 is 0 Å². The van der Waals surface area contributed by atoms with Gasteiger partial charge in [0.05, 0.1) is 5.56 Å². The molecule has 170 valence electrons. The number of nitrogens with zero attached hydrogens (tertiary/aromatic N) is 2. The number of amides is 2. The molecular formula is C25H30FN3O3. The minimum Gasteiger partial charge on any atom is -0.478 e. The first-order valence-corrected chi connectivity index (χ1v) is 11.3. The fourth-order valence-corrected chi connectivity index (χ4v) is 4.04. The first kappa shape index (κ1) is 22.2. The number of halogens is 1. The van der Waals surface area contributed by atoms with Gasteiger partial charge in [-0.1, -0.05) is 0 Å². The van der Waals surface area contributed by atoms with Gasteiger partial charge in [-0.15, -0.1) is 0 Å². The third kappa shape index (κ3) is 5.44. The number of hydrogen-bond acceptors (Lipinski definition) is 4. The number of carbonyl (C=O) groups excluding carboxylic acids is 2. The second kappa shape index (κ2) is 9.27. The Kier molecular flexibility index (Phi) is 6.44. The number of carbonyl (C=O) groups is 2. The molecule has 0 atom stereocenters. The quantitative estimate of drug-likeness (QED) is 0.710. The summed E-state index contributed by atoms with van der Waals surface area (Å²) in [6, 6.07) is 9.45. The molecule has 2 fully saturated rings. The molecule has 2 heterocycles. The Morgan fingerprint density at radius 2 is 1.78 bits per heavy atom. The summed E-state index contributed by atoms with van der Waals surface area (Å²) in [5.41, 5.74) is 0.498. The van der Waals surface area contributed by atoms with Crippen LogP contribution >= 0.6 is 0 Å². The average molecular weight is 440 g/mol. The number of aromatic nitrogens is 1. The highest BCUT2D eigenvalue weighted by molar-refractivity contribution is 5.93. The van der Waals surface area contributed by atoms with Crippen molar-refractivity contribution in [1.82, 2.24) is 15.2 Å². The summed E-state index contributed by atoms with van der Waals surface area (Å²) in [6.45, 7) is 5.45. The molecule has 7 heteroatoms. The first-order valence-electron chi connectivity index (χ1n) is 11.3. The van der Waals surface area contributed by atoms with Gasteiger partial charge in [-0.3, -0.25) is 14.6 Å². The van der Waals surface area contributed by atoms with Gasteiger partial charge in [-0.05, 0) is 81.8 Å². The largest absolute Gasteiger partial charge is 0.478 e. The zero-order valence-electron chi connectivity index (χ0n) is 18.6. The molecule has 0 radical (unpaired) electrons. The minimum absolute atomic E-state index is 0.0697. The fraction of sp³-hybridized carbons (Fsp3) is 0.480. The van der Waals surface area contributed by atoms with Crippen LogP contribution in [0, 0.1) is 11.7 Å². The van der Waals surface area contributed by atoms with Gasteiger partial charge < -0.3 is 15.0 Å². The van der Waals surface area contributed by atoms with Gasteiger partial charge in [0.2, 0.25) is 0 Å². The van der Waals surface area contributed by atoms with Gasteiger partial charge in [0.1, 0.15) is 11.6 Å². The van der Waals surface area contributed by atoms with Crippen molar-refractivity contribution in [2.24, 2.45) is 5.92 Å². The molecule has 2 aliphatic rings. The van der Waals surface area contributed by atoms with E-state index in [4.69, 9.17) is 4.74 Å². The molecule has 4 rings (SSSR count). The lowest BCUT2D eigenvalue weighted by atomic mass is 9.92. The zero-order valence-corrected chi connectivity index (χ0v) is 18.6. The van der Waals surface area contributed by atoms with Gasteiger partial charge in [0.15, 0.2) is 5.60 Å². The highest BCUT2D eigenvalue weighted by Crippen LogP contribution is 2.30. The number of pyridine rings is 1. The summed E-state index contributed by atoms with van der Waals surface area (Å²) >= 11 is 0. The molecular weight excluding hydrogens is 409 g/mol. The van der Waals surface area contributed by atoms with Crippen LogP contribution in [0.25, 0.3) is 0 Å². The van der Waals surface area contributed by atoms with Gasteiger partial charge in [-0.2, -0.15) is 0 Å². The van der Waals surface area contributed by atoms with Crippen molar-refractivity contribution in [2.75, 3.05) is 19.6 Å². The number of piperidine rings is 1. The van der Waals surface area contributed by atoms with Gasteiger partial charge >= 0.3 is 0 Å². The van der Waals surface area contributed by atoms with Crippen LogP contribution in [-0.2, 0) is 4.79 Å². The second-order valence-corrected chi connectivity index (χ2v) is 9.26. The van der Waals surface area contributed by atoms with E-state index in [1.807, 2.05) is 17.0 Å². The molecule has 1 aliphatic heterocycles. The Morgan fingerprint density at radius 3 is 2.38 bits per heavy atom. The molecule has 1 aromatic heterocycles. The van der Waals surface area contributed by atoms with Gasteiger partial charge in [-0.25, -0.2) is 4.39 Å². The predicted molar refractivity (Wildman–Crippen MR) is 119 cm³/mol. The molecule has 6 nitrogen and oxygen atoms in total. The van der Waals surface area contributed by atoms with Crippen molar-refractivity contribution in [3.8, 4) is 5.75 Å². The standard InChI is InChI=1S/C25H30FN3O3/c1-25(2,32-21-8-6-20(26)7-9-21)24(31)29-13-11-18(12-14-29)22-10-5-19(16-27-22)23(30)28-15-17-3-4-17/h5-10,16-18H,3-4,11-15H2,1-2H3,(H,28,30). The van der Waals surface area contributed by atoms with Crippen LogP contribution in [0.3, 0.4) is 0 Å². The van der Waals surface area contributed by atoms with Gasteiger partial charge in [0, 0.05) is 37.4 Å². The van der Waals surface area contributed by atoms with Crippen LogP contribution in [0.5, 0.6) is 5.75 Å². The maximum absolute atomic E-state index is 13.1. The van der Waals surface area contributed by atoms with Crippen LogP contribution in [0.1, 0.15) is 61.5 Å². The third-order valence-corrected chi connectivity index (χ3v) is 6.20. The van der Waals surface area contributed by atoms with E-state index < -0.39 is 5.60 Å². The lowest BCUT2D eigenvalue weighted by Gasteiger charge is -2.37. The molecule has 1 aliphatic carbocycles. The van der Waals surface area contributed by atoms with E-state index in [0.29, 0.717) is 30.3 Å². The zero-order chi connectivity index (χ0) is 22.7. The van der Waals surface area contributed by atoms with E-state index in [9.17, 15) is 14.0 Å². The van der Waals surface area contributed by atoms with Crippen molar-refractivity contribution < 1.29 is 18.7 Å². The van der Waals surface area contributed by atoms with E-state index in [1.54, 1.807) is 20.0 Å². The Bertz CT molecular complexity index is 947. The van der Waals surface area contributed by atoms with E-state index in [1.165, 1.54) is 37.1 Å². The molecule has 1 N–H and O–H groups in total. The summed E-state index contributed by atoms with van der Waals surface area (Å²) in [5.74, 6) is 0.860. The smallest absolute Gasteiger partial charge is 0.266 e. The lowest BCUT2D eigenvalue weighted by molar-refractivity contribution is -0.146. The molecule has 1 aromatic carbocycles. The maximum Gasteiger partial charge on any atom is 0.266 e. The molecule has 32 heavy (non-hydrogen) atoms. The van der Waals surface area contributed by atoms with Crippen molar-refractivity contribution in [3.05, 3.63) is 59.7 Å². The monoisotopic (exact) mass is 439 g/mol. The summed E-state index contributed by atoms with van der Waals surface area (Å²) in [5, 5.41) is 2.96. The summed E-state index contributed by atoms with van der Waals surface area (Å²) in [4.78, 5) is 31.6. The van der Waals surface area contributed by atoms with Crippen LogP contribution < -0.4 is 10.1 Å². The number of ether oxygens (including phenoxy) is 1. The van der Waals surface area contributed by atoms with Crippen LogP contribution in [0.4, 0.5) is 4.39 Å². The average Bonchev–Trinajstić information content (AvgIpc) is 3.63. The van der Waals surface area contributed by atoms with E-state index in [-0.39, 0.29) is 23.5 Å². The molecule has 0 spiro atoms. The van der Waals surface area contributed by atoms with Crippen molar-refractivity contribution in [2.45, 2.75) is 51.0 Å². The Hall–Kier alpha value is -2.96. The van der Waals surface area contributed by atoms with Crippen LogP contribution in [0.2, 0.25) is 0 Å². The minimum atomic E-state index is -1.04. The Balaban J connectivity index is 1.29. The molecule has 1 saturated heterocycles. The van der Waals surface area contributed by atoms with Crippen molar-refractivity contribution in [3.63, 3.8) is 0 Å². The van der Waals surface area contributed by atoms with E-state index in [2.05, 4.69) is 10.3 Å². The highest BCUT2D eigenvalue weighted by atomic mass is 19.1. The topological polar surface area (TPSA) is 71.5 Å². The highest BCUT2D eigenvalue weighted by Gasteiger charge is 2.36. The normalized spacial score (nSPS) is 17.2. The Labute approximate surface area is 188 Å². The first-order chi connectivity index (χ1) is 15.3. The summed E-state index contributed by atoms with van der Waals surface area (Å²) in [6.07, 6.45) is 5.66. The predicted octanol–water partition coefficient (Wildman–Crippen LogP) is 3.92. The number of hydrogen-bond donors (Lipinski definition) is 1. The van der Waals surface area contributed by atoms with E-state index in [0.717, 1.165) is 25.1 Å². The lowest BCUT2D eigenvalue weighted by Crippen LogP contribution is -2.51. The summed E-state index contributed by atoms with van der Waals surface area (Å²) in [7, 11) is 0. The molecule has 0 bridgehead atoms. The number of benzene rings is 1. The second-order valence-electron chi connectivity index (χ2n) is 9.26. The van der Waals surface area contributed by atoms with Crippen molar-refractivity contribution in [1.29, 1.82) is 0 Å². The number of likely N-dealkylation sites (tertiary alicyclic amines) is 1. The maximum atomic E-state index is 13.1. The SMILES string of the molecule is CC(C)(Oc1ccc(F)cc1)C(=O)N1CCC(c2ccc(C(=O)NCC3CC3)cn2)CC1. The third-order valence-electron chi connectivity index (χ3n) is 6.20. The molecule has 0 unspecified atom stereocenters. The molecule has 2 aromatic rings. The summed E-state index contributed by atoms with van der Waals surface area (Å²) < 4.78 is 19.0. The van der Waals surface area contributed by atoms with Crippen LogP contribution in [-0.4, -0.2) is 46.9 Å². The number of rotatable bonds is 7. The molecule has 2 amide bonds. The Morgan fingerprint density at radius 1 is 1.09 bits per heavy atom. The fourth-order valence-electron chi connectivity index (χ4n) is 4.04. The number of nitrogens with one attached hydrogen (secondary N) is 1. The van der Waals surface area contributed by atoms with Crippen LogP contribution in [0.15, 0.2) is 42.6 Å².